The van der Waals surface area contributed by atoms with Crippen molar-refractivity contribution < 1.29 is 14.0 Å². The first-order chi connectivity index (χ1) is 14.1. The number of halogens is 1. The molecule has 0 bridgehead atoms. The average Bonchev–Trinajstić information content (AvgIpc) is 3.33. The lowest BCUT2D eigenvalue weighted by atomic mass is 10.00. The first-order valence-electron chi connectivity index (χ1n) is 9.43. The Hall–Kier alpha value is -3.25. The minimum absolute atomic E-state index is 0.245. The van der Waals surface area contributed by atoms with Crippen LogP contribution < -0.4 is 9.80 Å². The van der Waals surface area contributed by atoms with Gasteiger partial charge >= 0.3 is 0 Å². The van der Waals surface area contributed by atoms with Crippen LogP contribution in [0.3, 0.4) is 0 Å². The second kappa shape index (κ2) is 6.97. The maximum absolute atomic E-state index is 13.8. The van der Waals surface area contributed by atoms with Gasteiger partial charge in [0.25, 0.3) is 11.8 Å². The molecule has 0 N–H and O–H groups in total. The molecular weight excluding hydrogens is 387 g/mol. The van der Waals surface area contributed by atoms with E-state index in [-0.39, 0.29) is 5.69 Å². The van der Waals surface area contributed by atoms with Gasteiger partial charge in [0.1, 0.15) is 11.5 Å². The number of rotatable bonds is 3. The summed E-state index contributed by atoms with van der Waals surface area (Å²) in [6, 6.07) is 17.3. The fourth-order valence-corrected chi connectivity index (χ4v) is 4.79. The first kappa shape index (κ1) is 17.8. The summed E-state index contributed by atoms with van der Waals surface area (Å²) in [6.07, 6.45) is 1.82. The Morgan fingerprint density at radius 1 is 0.931 bits per heavy atom. The molecule has 6 heteroatoms. The second-order valence-electron chi connectivity index (χ2n) is 7.01. The molecule has 3 aromatic rings. The molecule has 3 heterocycles. The van der Waals surface area contributed by atoms with Crippen LogP contribution in [0.15, 0.2) is 71.7 Å². The fourth-order valence-electron chi connectivity index (χ4n) is 4.03. The molecule has 0 atom stereocenters. The molecule has 29 heavy (non-hydrogen) atoms. The van der Waals surface area contributed by atoms with E-state index in [1.165, 1.54) is 29.5 Å². The number of nitrogens with zero attached hydrogens (tertiary/aromatic N) is 2. The number of imide groups is 1. The summed E-state index contributed by atoms with van der Waals surface area (Å²) in [6.45, 7) is 0.650. The number of amides is 2. The maximum Gasteiger partial charge on any atom is 0.282 e. The number of carbonyl (C=O) groups excluding carboxylic acids is 2. The van der Waals surface area contributed by atoms with Gasteiger partial charge in [0, 0.05) is 17.1 Å². The van der Waals surface area contributed by atoms with Crippen molar-refractivity contribution in [3.63, 3.8) is 0 Å². The van der Waals surface area contributed by atoms with Crippen molar-refractivity contribution in [2.45, 2.75) is 12.8 Å². The molecule has 2 amide bonds. The number of hydrogen-bond donors (Lipinski definition) is 0. The van der Waals surface area contributed by atoms with E-state index in [9.17, 15) is 14.0 Å². The standard InChI is InChI=1S/C23H17FN2O2S/c24-16-8-3-9-17(14-16)26-22(27)20(19-11-5-13-29-19)21(23(26)28)25-12-4-7-15-6-1-2-10-18(15)25/h1-3,5-6,8-11,13-14H,4,7,12H2. The lowest BCUT2D eigenvalue weighted by molar-refractivity contribution is -0.120. The van der Waals surface area contributed by atoms with Crippen molar-refractivity contribution >= 4 is 40.1 Å². The highest BCUT2D eigenvalue weighted by atomic mass is 32.1. The van der Waals surface area contributed by atoms with Crippen molar-refractivity contribution in [2.75, 3.05) is 16.3 Å². The van der Waals surface area contributed by atoms with E-state index in [1.54, 1.807) is 6.07 Å². The summed E-state index contributed by atoms with van der Waals surface area (Å²) in [5.74, 6) is -1.32. The number of hydrogen-bond acceptors (Lipinski definition) is 4. The lowest BCUT2D eigenvalue weighted by Gasteiger charge is -2.32. The summed E-state index contributed by atoms with van der Waals surface area (Å²) in [4.78, 5) is 30.7. The largest absolute Gasteiger partial charge is 0.336 e. The molecular formula is C23H17FN2O2S. The molecule has 0 saturated carbocycles. The van der Waals surface area contributed by atoms with Crippen molar-refractivity contribution in [1.82, 2.24) is 0 Å². The molecule has 0 fully saturated rings. The van der Waals surface area contributed by atoms with Gasteiger partial charge in [-0.25, -0.2) is 9.29 Å². The van der Waals surface area contributed by atoms with Crippen molar-refractivity contribution in [1.29, 1.82) is 0 Å². The molecule has 0 radical (unpaired) electrons. The van der Waals surface area contributed by atoms with Gasteiger partial charge in [-0.3, -0.25) is 9.59 Å². The van der Waals surface area contributed by atoms with Gasteiger partial charge in [-0.2, -0.15) is 0 Å². The topological polar surface area (TPSA) is 40.6 Å². The van der Waals surface area contributed by atoms with Crippen LogP contribution in [0.4, 0.5) is 15.8 Å². The molecule has 0 spiro atoms. The lowest BCUT2D eigenvalue weighted by Crippen LogP contribution is -2.37. The molecule has 2 aliphatic rings. The number of carbonyl (C=O) groups is 2. The molecule has 1 aromatic heterocycles. The molecule has 4 nitrogen and oxygen atoms in total. The Labute approximate surface area is 171 Å². The van der Waals surface area contributed by atoms with Gasteiger partial charge in [0.05, 0.1) is 11.3 Å². The fraction of sp³-hybridized carbons (Fsp3) is 0.130. The highest BCUT2D eigenvalue weighted by molar-refractivity contribution is 7.11. The van der Waals surface area contributed by atoms with Crippen LogP contribution in [0.2, 0.25) is 0 Å². The number of anilines is 2. The number of fused-ring (bicyclic) bond motifs is 1. The van der Waals surface area contributed by atoms with Gasteiger partial charge in [-0.15, -0.1) is 11.3 Å². The second-order valence-corrected chi connectivity index (χ2v) is 7.96. The number of para-hydroxylation sites is 1. The summed E-state index contributed by atoms with van der Waals surface area (Å²) in [5, 5.41) is 1.88. The minimum Gasteiger partial charge on any atom is -0.336 e. The van der Waals surface area contributed by atoms with Gasteiger partial charge in [0.2, 0.25) is 0 Å². The van der Waals surface area contributed by atoms with Crippen LogP contribution in [0.5, 0.6) is 0 Å². The zero-order chi connectivity index (χ0) is 20.0. The van der Waals surface area contributed by atoms with E-state index >= 15 is 0 Å². The SMILES string of the molecule is O=C1C(c2cccs2)=C(N2CCCc3ccccc32)C(=O)N1c1cccc(F)c1. The summed E-state index contributed by atoms with van der Waals surface area (Å²) < 4.78 is 13.8. The summed E-state index contributed by atoms with van der Waals surface area (Å²) in [5.41, 5.74) is 3.10. The third-order valence-electron chi connectivity index (χ3n) is 5.27. The summed E-state index contributed by atoms with van der Waals surface area (Å²) in [7, 11) is 0. The van der Waals surface area contributed by atoms with E-state index in [4.69, 9.17) is 0 Å². The third-order valence-corrected chi connectivity index (χ3v) is 6.16. The van der Waals surface area contributed by atoms with Crippen LogP contribution in [0.25, 0.3) is 5.57 Å². The van der Waals surface area contributed by atoms with Crippen LogP contribution in [-0.2, 0) is 16.0 Å². The number of aryl methyl sites for hydroxylation is 1. The van der Waals surface area contributed by atoms with Crippen LogP contribution in [-0.4, -0.2) is 18.4 Å². The Balaban J connectivity index is 1.69. The van der Waals surface area contributed by atoms with E-state index in [0.717, 1.165) is 33.9 Å². The zero-order valence-electron chi connectivity index (χ0n) is 15.5. The first-order valence-corrected chi connectivity index (χ1v) is 10.3. The molecule has 2 aliphatic heterocycles. The van der Waals surface area contributed by atoms with Crippen molar-refractivity contribution in [3.05, 3.63) is 88.0 Å². The molecule has 0 aliphatic carbocycles. The zero-order valence-corrected chi connectivity index (χ0v) is 16.3. The normalized spacial score (nSPS) is 16.6. The van der Waals surface area contributed by atoms with E-state index in [1.807, 2.05) is 40.6 Å². The number of thiophene rings is 1. The Bertz CT molecular complexity index is 1150. The maximum atomic E-state index is 13.8. The van der Waals surface area contributed by atoms with Crippen LogP contribution in [0, 0.1) is 5.82 Å². The highest BCUT2D eigenvalue weighted by Crippen LogP contribution is 2.40. The average molecular weight is 404 g/mol. The minimum atomic E-state index is -0.488. The smallest absolute Gasteiger partial charge is 0.282 e. The van der Waals surface area contributed by atoms with Gasteiger partial charge in [-0.05, 0) is 54.1 Å². The predicted octanol–water partition coefficient (Wildman–Crippen LogP) is 4.62. The van der Waals surface area contributed by atoms with Crippen molar-refractivity contribution in [3.8, 4) is 0 Å². The molecule has 144 valence electrons. The van der Waals surface area contributed by atoms with Gasteiger partial charge < -0.3 is 4.90 Å². The Morgan fingerprint density at radius 2 is 1.79 bits per heavy atom. The van der Waals surface area contributed by atoms with Crippen LogP contribution >= 0.6 is 11.3 Å². The van der Waals surface area contributed by atoms with Gasteiger partial charge in [0.15, 0.2) is 0 Å². The Morgan fingerprint density at radius 3 is 2.59 bits per heavy atom. The molecule has 5 rings (SSSR count). The highest BCUT2D eigenvalue weighted by Gasteiger charge is 2.44. The third kappa shape index (κ3) is 2.87. The quantitative estimate of drug-likeness (QED) is 0.598. The Kier molecular flexibility index (Phi) is 4.28. The van der Waals surface area contributed by atoms with E-state index in [0.29, 0.717) is 17.8 Å². The predicted molar refractivity (Wildman–Crippen MR) is 112 cm³/mol. The molecule has 0 unspecified atom stereocenters. The number of benzene rings is 2. The van der Waals surface area contributed by atoms with Crippen molar-refractivity contribution in [2.24, 2.45) is 0 Å². The monoisotopic (exact) mass is 404 g/mol. The van der Waals surface area contributed by atoms with E-state index in [2.05, 4.69) is 6.07 Å². The van der Waals surface area contributed by atoms with Crippen LogP contribution in [0.1, 0.15) is 16.9 Å². The van der Waals surface area contributed by atoms with E-state index < -0.39 is 17.6 Å². The van der Waals surface area contributed by atoms with Gasteiger partial charge in [-0.1, -0.05) is 30.3 Å². The molecule has 2 aromatic carbocycles. The summed E-state index contributed by atoms with van der Waals surface area (Å²) >= 11 is 1.42. The molecule has 0 saturated heterocycles.